The molecule has 5 nitrogen and oxygen atoms in total. The molecule has 0 spiro atoms. The van der Waals surface area contributed by atoms with Crippen LogP contribution in [0.15, 0.2) is 12.7 Å². The fourth-order valence-electron chi connectivity index (χ4n) is 1.99. The molecule has 0 aliphatic carbocycles. The predicted octanol–water partition coefficient (Wildman–Crippen LogP) is 2.42. The van der Waals surface area contributed by atoms with Gasteiger partial charge < -0.3 is 4.74 Å². The minimum Gasteiger partial charge on any atom is -0.465 e. The highest BCUT2D eigenvalue weighted by molar-refractivity contribution is 6.31. The van der Waals surface area contributed by atoms with E-state index < -0.39 is 0 Å². The average Bonchev–Trinajstić information content (AvgIpc) is 2.67. The van der Waals surface area contributed by atoms with E-state index in [1.807, 2.05) is 23.4 Å². The lowest BCUT2D eigenvalue weighted by Gasteiger charge is -2.20. The monoisotopic (exact) mass is 299 g/mol. The average molecular weight is 300 g/mol. The van der Waals surface area contributed by atoms with E-state index >= 15 is 0 Å². The first-order chi connectivity index (χ1) is 9.53. The molecule has 20 heavy (non-hydrogen) atoms. The van der Waals surface area contributed by atoms with Crippen LogP contribution in [0.5, 0.6) is 0 Å². The SMILES string of the molecule is C=CCN(CC(=O)OCC)Cc1c(Cl)c(C)nn1CC. The molecule has 1 heterocycles. The summed E-state index contributed by atoms with van der Waals surface area (Å²) in [6.45, 7) is 11.9. The number of carbonyl (C=O) groups excluding carboxylic acids is 1. The van der Waals surface area contributed by atoms with E-state index in [0.717, 1.165) is 17.9 Å². The number of rotatable bonds is 8. The fourth-order valence-corrected chi connectivity index (χ4v) is 2.18. The quantitative estimate of drug-likeness (QED) is 0.546. The van der Waals surface area contributed by atoms with Crippen molar-refractivity contribution in [3.63, 3.8) is 0 Å². The van der Waals surface area contributed by atoms with Crippen LogP contribution in [0.3, 0.4) is 0 Å². The number of ether oxygens (including phenoxy) is 1. The molecule has 0 saturated carbocycles. The zero-order valence-corrected chi connectivity index (χ0v) is 13.1. The lowest BCUT2D eigenvalue weighted by atomic mass is 10.3. The van der Waals surface area contributed by atoms with Gasteiger partial charge in [0.1, 0.15) is 0 Å². The maximum atomic E-state index is 11.6. The number of aryl methyl sites for hydroxylation is 2. The standard InChI is InChI=1S/C14H22ClN3O2/c1-5-8-17(10-13(19)20-7-3)9-12-14(15)11(4)16-18(12)6-2/h5H,1,6-10H2,2-4H3. The van der Waals surface area contributed by atoms with Crippen LogP contribution in [0, 0.1) is 6.92 Å². The third kappa shape index (κ3) is 4.35. The van der Waals surface area contributed by atoms with Gasteiger partial charge in [-0.05, 0) is 20.8 Å². The summed E-state index contributed by atoms with van der Waals surface area (Å²) in [5, 5.41) is 5.03. The second-order valence-electron chi connectivity index (χ2n) is 4.43. The van der Waals surface area contributed by atoms with Crippen molar-refractivity contribution in [2.24, 2.45) is 0 Å². The van der Waals surface area contributed by atoms with Crippen molar-refractivity contribution < 1.29 is 9.53 Å². The molecule has 0 saturated heterocycles. The number of carbonyl (C=O) groups is 1. The van der Waals surface area contributed by atoms with Crippen LogP contribution in [-0.2, 0) is 22.6 Å². The molecule has 0 atom stereocenters. The highest BCUT2D eigenvalue weighted by Gasteiger charge is 2.17. The molecule has 0 amide bonds. The molecule has 0 unspecified atom stereocenters. The Balaban J connectivity index is 2.84. The second-order valence-corrected chi connectivity index (χ2v) is 4.80. The van der Waals surface area contributed by atoms with Gasteiger partial charge in [-0.1, -0.05) is 17.7 Å². The summed E-state index contributed by atoms with van der Waals surface area (Å²) in [6, 6.07) is 0. The van der Waals surface area contributed by atoms with E-state index in [1.54, 1.807) is 13.0 Å². The minimum absolute atomic E-state index is 0.212. The Labute approximate surface area is 125 Å². The van der Waals surface area contributed by atoms with Crippen LogP contribution in [-0.4, -0.2) is 40.3 Å². The van der Waals surface area contributed by atoms with E-state index in [-0.39, 0.29) is 12.5 Å². The largest absolute Gasteiger partial charge is 0.465 e. The smallest absolute Gasteiger partial charge is 0.320 e. The Kier molecular flexibility index (Phi) is 6.75. The summed E-state index contributed by atoms with van der Waals surface area (Å²) in [5.74, 6) is -0.246. The number of halogens is 1. The van der Waals surface area contributed by atoms with Crippen LogP contribution < -0.4 is 0 Å². The maximum Gasteiger partial charge on any atom is 0.320 e. The molecule has 0 bridgehead atoms. The number of esters is 1. The van der Waals surface area contributed by atoms with E-state index in [9.17, 15) is 4.79 Å². The highest BCUT2D eigenvalue weighted by Crippen LogP contribution is 2.21. The van der Waals surface area contributed by atoms with Crippen LogP contribution in [0.1, 0.15) is 25.2 Å². The molecule has 112 valence electrons. The van der Waals surface area contributed by atoms with E-state index in [2.05, 4.69) is 11.7 Å². The molecule has 0 aliphatic rings. The summed E-state index contributed by atoms with van der Waals surface area (Å²) in [7, 11) is 0. The van der Waals surface area contributed by atoms with Gasteiger partial charge in [-0.2, -0.15) is 5.10 Å². The Morgan fingerprint density at radius 2 is 2.25 bits per heavy atom. The van der Waals surface area contributed by atoms with Crippen molar-refractivity contribution >= 4 is 17.6 Å². The topological polar surface area (TPSA) is 47.4 Å². The van der Waals surface area contributed by atoms with Gasteiger partial charge in [0, 0.05) is 19.6 Å². The van der Waals surface area contributed by atoms with E-state index in [0.29, 0.717) is 24.7 Å². The van der Waals surface area contributed by atoms with Gasteiger partial charge >= 0.3 is 5.97 Å². The minimum atomic E-state index is -0.246. The summed E-state index contributed by atoms with van der Waals surface area (Å²) >= 11 is 6.28. The molecule has 0 fully saturated rings. The predicted molar refractivity (Wildman–Crippen MR) is 79.8 cm³/mol. The summed E-state index contributed by atoms with van der Waals surface area (Å²) in [6.07, 6.45) is 1.76. The lowest BCUT2D eigenvalue weighted by Crippen LogP contribution is -2.31. The Bertz CT molecular complexity index is 471. The Morgan fingerprint density at radius 3 is 2.80 bits per heavy atom. The molecule has 0 aliphatic heterocycles. The third-order valence-electron chi connectivity index (χ3n) is 2.87. The maximum absolute atomic E-state index is 11.6. The molecule has 1 aromatic heterocycles. The molecule has 1 aromatic rings. The fraction of sp³-hybridized carbons (Fsp3) is 0.571. The summed E-state index contributed by atoms with van der Waals surface area (Å²) in [5.41, 5.74) is 1.72. The molecular formula is C14H22ClN3O2. The van der Waals surface area contributed by atoms with Crippen molar-refractivity contribution in [2.75, 3.05) is 19.7 Å². The van der Waals surface area contributed by atoms with Crippen molar-refractivity contribution in [2.45, 2.75) is 33.9 Å². The van der Waals surface area contributed by atoms with Gasteiger partial charge in [0.2, 0.25) is 0 Å². The summed E-state index contributed by atoms with van der Waals surface area (Å²) in [4.78, 5) is 13.5. The van der Waals surface area contributed by atoms with Crippen LogP contribution in [0.2, 0.25) is 5.02 Å². The molecule has 1 rings (SSSR count). The zero-order chi connectivity index (χ0) is 15.1. The first kappa shape index (κ1) is 16.7. The van der Waals surface area contributed by atoms with Gasteiger partial charge in [-0.3, -0.25) is 14.4 Å². The molecule has 6 heteroatoms. The van der Waals surface area contributed by atoms with E-state index in [4.69, 9.17) is 16.3 Å². The van der Waals surface area contributed by atoms with Crippen LogP contribution in [0.25, 0.3) is 0 Å². The number of nitrogens with zero attached hydrogens (tertiary/aromatic N) is 3. The molecule has 0 aromatic carbocycles. The third-order valence-corrected chi connectivity index (χ3v) is 3.36. The molecule has 0 radical (unpaired) electrons. The van der Waals surface area contributed by atoms with Gasteiger partial charge in [0.15, 0.2) is 0 Å². The van der Waals surface area contributed by atoms with Crippen molar-refractivity contribution in [1.82, 2.24) is 14.7 Å². The molecular weight excluding hydrogens is 278 g/mol. The first-order valence-electron chi connectivity index (χ1n) is 6.74. The van der Waals surface area contributed by atoms with Crippen LogP contribution in [0.4, 0.5) is 0 Å². The number of hydrogen-bond acceptors (Lipinski definition) is 4. The zero-order valence-electron chi connectivity index (χ0n) is 12.4. The van der Waals surface area contributed by atoms with Crippen molar-refractivity contribution in [3.8, 4) is 0 Å². The van der Waals surface area contributed by atoms with Crippen molar-refractivity contribution in [3.05, 3.63) is 29.1 Å². The normalized spacial score (nSPS) is 10.8. The second kappa shape index (κ2) is 8.07. The summed E-state index contributed by atoms with van der Waals surface area (Å²) < 4.78 is 6.84. The Morgan fingerprint density at radius 1 is 1.55 bits per heavy atom. The van der Waals surface area contributed by atoms with Gasteiger partial charge in [-0.25, -0.2) is 0 Å². The highest BCUT2D eigenvalue weighted by atomic mass is 35.5. The van der Waals surface area contributed by atoms with Gasteiger partial charge in [0.05, 0.1) is 29.6 Å². The number of hydrogen-bond donors (Lipinski definition) is 0. The first-order valence-corrected chi connectivity index (χ1v) is 7.11. The van der Waals surface area contributed by atoms with Crippen molar-refractivity contribution in [1.29, 1.82) is 0 Å². The van der Waals surface area contributed by atoms with E-state index in [1.165, 1.54) is 0 Å². The lowest BCUT2D eigenvalue weighted by molar-refractivity contribution is -0.144. The molecule has 0 N–H and O–H groups in total. The van der Waals surface area contributed by atoms with Gasteiger partial charge in [-0.15, -0.1) is 6.58 Å². The van der Waals surface area contributed by atoms with Crippen LogP contribution >= 0.6 is 11.6 Å². The Hall–Kier alpha value is -1.33. The van der Waals surface area contributed by atoms with Gasteiger partial charge in [0.25, 0.3) is 0 Å². The number of aromatic nitrogens is 2.